The van der Waals surface area contributed by atoms with Gasteiger partial charge in [-0.3, -0.25) is 0 Å². The molecule has 1 atom stereocenters. The van der Waals surface area contributed by atoms with Crippen LogP contribution in [0.3, 0.4) is 0 Å². The van der Waals surface area contributed by atoms with Crippen molar-refractivity contribution in [3.63, 3.8) is 0 Å². The molecule has 2 aromatic carbocycles. The second-order valence-corrected chi connectivity index (χ2v) is 6.09. The molecule has 3 nitrogen and oxygen atoms in total. The summed E-state index contributed by atoms with van der Waals surface area (Å²) in [4.78, 5) is 0. The predicted molar refractivity (Wildman–Crippen MR) is 94.6 cm³/mol. The van der Waals surface area contributed by atoms with Crippen molar-refractivity contribution in [2.75, 3.05) is 21.3 Å². The van der Waals surface area contributed by atoms with E-state index in [2.05, 4.69) is 27.9 Å². The number of hydrogen-bond donors (Lipinski definition) is 1. The van der Waals surface area contributed by atoms with Crippen molar-refractivity contribution in [1.82, 2.24) is 5.32 Å². The maximum absolute atomic E-state index is 6.14. The van der Waals surface area contributed by atoms with Crippen molar-refractivity contribution in [1.29, 1.82) is 0 Å². The van der Waals surface area contributed by atoms with E-state index >= 15 is 0 Å². The van der Waals surface area contributed by atoms with E-state index in [0.29, 0.717) is 0 Å². The van der Waals surface area contributed by atoms with Gasteiger partial charge >= 0.3 is 0 Å². The molecule has 21 heavy (non-hydrogen) atoms. The Hall–Kier alpha value is -0.980. The fourth-order valence-corrected chi connectivity index (χ4v) is 3.10. The maximum atomic E-state index is 6.14. The molecular weight excluding hydrogens is 401 g/mol. The lowest BCUT2D eigenvalue weighted by Gasteiger charge is -2.21. The second kappa shape index (κ2) is 7.33. The third-order valence-corrected chi connectivity index (χ3v) is 4.53. The molecule has 5 heteroatoms. The minimum absolute atomic E-state index is 0.00328. The van der Waals surface area contributed by atoms with Crippen molar-refractivity contribution in [2.24, 2.45) is 0 Å². The van der Waals surface area contributed by atoms with E-state index in [1.54, 1.807) is 14.2 Å². The monoisotopic (exact) mass is 417 g/mol. The largest absolute Gasteiger partial charge is 0.497 e. The highest BCUT2D eigenvalue weighted by atomic mass is 127. The van der Waals surface area contributed by atoms with Crippen molar-refractivity contribution in [3.05, 3.63) is 56.1 Å². The first kappa shape index (κ1) is 16.4. The lowest BCUT2D eigenvalue weighted by Crippen LogP contribution is -2.19. The van der Waals surface area contributed by atoms with Crippen molar-refractivity contribution in [3.8, 4) is 11.5 Å². The first-order valence-corrected chi connectivity index (χ1v) is 7.90. The molecule has 0 amide bonds. The van der Waals surface area contributed by atoms with Crippen LogP contribution < -0.4 is 14.8 Å². The van der Waals surface area contributed by atoms with Gasteiger partial charge in [0.05, 0.1) is 20.3 Å². The maximum Gasteiger partial charge on any atom is 0.127 e. The molecule has 0 heterocycles. The fourth-order valence-electron chi connectivity index (χ4n) is 2.27. The normalized spacial score (nSPS) is 12.0. The standard InChI is InChI=1S/C16H17ClINO2/c1-19-16(13-8-10(17)4-7-14(13)18)12-6-5-11(20-2)9-15(12)21-3/h4-9,16,19H,1-3H3. The summed E-state index contributed by atoms with van der Waals surface area (Å²) in [6, 6.07) is 11.7. The number of ether oxygens (including phenoxy) is 2. The summed E-state index contributed by atoms with van der Waals surface area (Å²) < 4.78 is 11.9. The van der Waals surface area contributed by atoms with E-state index in [1.807, 2.05) is 43.4 Å². The highest BCUT2D eigenvalue weighted by Crippen LogP contribution is 2.35. The van der Waals surface area contributed by atoms with Crippen LogP contribution in [0.15, 0.2) is 36.4 Å². The molecule has 0 aliphatic heterocycles. The lowest BCUT2D eigenvalue weighted by atomic mass is 9.98. The molecule has 0 aromatic heterocycles. The quantitative estimate of drug-likeness (QED) is 0.737. The predicted octanol–water partition coefficient (Wildman–Crippen LogP) is 4.27. The smallest absolute Gasteiger partial charge is 0.127 e. The number of nitrogens with one attached hydrogen (secondary N) is 1. The van der Waals surface area contributed by atoms with Gasteiger partial charge in [0, 0.05) is 20.2 Å². The lowest BCUT2D eigenvalue weighted by molar-refractivity contribution is 0.388. The SMILES string of the molecule is CNC(c1cc(Cl)ccc1I)c1ccc(OC)cc1OC. The summed E-state index contributed by atoms with van der Waals surface area (Å²) in [5.74, 6) is 1.55. The average Bonchev–Trinajstić information content (AvgIpc) is 2.51. The second-order valence-electron chi connectivity index (χ2n) is 4.50. The summed E-state index contributed by atoms with van der Waals surface area (Å²) in [6.07, 6.45) is 0. The van der Waals surface area contributed by atoms with Crippen LogP contribution in [0.25, 0.3) is 0 Å². The van der Waals surface area contributed by atoms with Crippen molar-refractivity contribution in [2.45, 2.75) is 6.04 Å². The van der Waals surface area contributed by atoms with Gasteiger partial charge in [-0.1, -0.05) is 11.6 Å². The van der Waals surface area contributed by atoms with Crippen molar-refractivity contribution < 1.29 is 9.47 Å². The van der Waals surface area contributed by atoms with Gasteiger partial charge in [-0.2, -0.15) is 0 Å². The van der Waals surface area contributed by atoms with Crippen LogP contribution in [-0.4, -0.2) is 21.3 Å². The molecule has 0 aliphatic carbocycles. The number of hydrogen-bond acceptors (Lipinski definition) is 3. The van der Waals surface area contributed by atoms with Gasteiger partial charge in [0.1, 0.15) is 11.5 Å². The first-order valence-electron chi connectivity index (χ1n) is 6.44. The molecule has 2 aromatic rings. The molecule has 2 rings (SSSR count). The van der Waals surface area contributed by atoms with Crippen LogP contribution in [0.2, 0.25) is 5.02 Å². The molecular formula is C16H17ClINO2. The molecule has 0 radical (unpaired) electrons. The van der Waals surface area contributed by atoms with Crippen molar-refractivity contribution >= 4 is 34.2 Å². The van der Waals surface area contributed by atoms with Gasteiger partial charge in [-0.25, -0.2) is 0 Å². The molecule has 0 fully saturated rings. The Kier molecular flexibility index (Phi) is 5.72. The van der Waals surface area contributed by atoms with Crippen LogP contribution in [0.1, 0.15) is 17.2 Å². The Labute approximate surface area is 143 Å². The Bertz CT molecular complexity index is 634. The topological polar surface area (TPSA) is 30.5 Å². The van der Waals surface area contributed by atoms with Gasteiger partial charge in [0.15, 0.2) is 0 Å². The summed E-state index contributed by atoms with van der Waals surface area (Å²) in [7, 11) is 5.23. The molecule has 0 saturated heterocycles. The van der Waals surface area contributed by atoms with Gasteiger partial charge < -0.3 is 14.8 Å². The third kappa shape index (κ3) is 3.62. The summed E-state index contributed by atoms with van der Waals surface area (Å²) in [5.41, 5.74) is 2.16. The number of benzene rings is 2. The van der Waals surface area contributed by atoms with Gasteiger partial charge in [0.2, 0.25) is 0 Å². The molecule has 0 spiro atoms. The van der Waals surface area contributed by atoms with E-state index in [-0.39, 0.29) is 6.04 Å². The van der Waals surface area contributed by atoms with E-state index in [4.69, 9.17) is 21.1 Å². The Morgan fingerprint density at radius 2 is 1.81 bits per heavy atom. The zero-order valence-corrected chi connectivity index (χ0v) is 15.0. The van der Waals surface area contributed by atoms with E-state index in [0.717, 1.165) is 31.2 Å². The van der Waals surface area contributed by atoms with E-state index in [9.17, 15) is 0 Å². The van der Waals surface area contributed by atoms with E-state index < -0.39 is 0 Å². The van der Waals surface area contributed by atoms with Crippen LogP contribution in [0.5, 0.6) is 11.5 Å². The summed E-state index contributed by atoms with van der Waals surface area (Å²) in [5, 5.41) is 4.05. The van der Waals surface area contributed by atoms with Crippen LogP contribution >= 0.6 is 34.2 Å². The fraction of sp³-hybridized carbons (Fsp3) is 0.250. The molecule has 0 aliphatic rings. The van der Waals surface area contributed by atoms with Crippen LogP contribution in [-0.2, 0) is 0 Å². The van der Waals surface area contributed by atoms with Crippen LogP contribution in [0.4, 0.5) is 0 Å². The number of rotatable bonds is 5. The molecule has 1 N–H and O–H groups in total. The highest BCUT2D eigenvalue weighted by molar-refractivity contribution is 14.1. The molecule has 0 bridgehead atoms. The Morgan fingerprint density at radius 1 is 1.05 bits per heavy atom. The third-order valence-electron chi connectivity index (χ3n) is 3.31. The zero-order valence-electron chi connectivity index (χ0n) is 12.1. The Balaban J connectivity index is 2.53. The highest BCUT2D eigenvalue weighted by Gasteiger charge is 2.19. The van der Waals surface area contributed by atoms with Gasteiger partial charge in [-0.15, -0.1) is 0 Å². The average molecular weight is 418 g/mol. The minimum Gasteiger partial charge on any atom is -0.497 e. The molecule has 0 saturated carbocycles. The summed E-state index contributed by atoms with van der Waals surface area (Å²) >= 11 is 8.46. The number of methoxy groups -OCH3 is 2. The van der Waals surface area contributed by atoms with E-state index in [1.165, 1.54) is 0 Å². The first-order chi connectivity index (χ1) is 10.1. The zero-order chi connectivity index (χ0) is 15.4. The van der Waals surface area contributed by atoms with Gasteiger partial charge in [0.25, 0.3) is 0 Å². The molecule has 1 unspecified atom stereocenters. The number of halogens is 2. The summed E-state index contributed by atoms with van der Waals surface area (Å²) in [6.45, 7) is 0. The minimum atomic E-state index is -0.00328. The van der Waals surface area contributed by atoms with Crippen LogP contribution in [0, 0.1) is 3.57 Å². The molecule has 112 valence electrons. The Morgan fingerprint density at radius 3 is 2.43 bits per heavy atom. The van der Waals surface area contributed by atoms with Gasteiger partial charge in [-0.05, 0) is 65.5 Å².